The fraction of sp³-hybridized carbons (Fsp3) is 0.727. The number of ether oxygens (including phenoxy) is 1. The molecule has 1 unspecified atom stereocenters. The largest absolute Gasteiger partial charge is 0.394 e. The first kappa shape index (κ1) is 14.2. The van der Waals surface area contributed by atoms with Crippen molar-refractivity contribution in [3.8, 4) is 0 Å². The standard InChI is InChI=1S/C11H19N3O5/c1-2-13-7(12)3-4-14(11(13)18)10-9(17)8(16)6(5-15)19-10/h3-4,6-10,15-17H,2,5,12H2,1H3/t6-,7?,8-,9-,10-/m1/s1. The van der Waals surface area contributed by atoms with E-state index in [1.165, 1.54) is 16.0 Å². The second-order valence-corrected chi connectivity index (χ2v) is 4.54. The minimum Gasteiger partial charge on any atom is -0.394 e. The highest BCUT2D eigenvalue weighted by Gasteiger charge is 2.47. The van der Waals surface area contributed by atoms with Gasteiger partial charge in [-0.15, -0.1) is 0 Å². The van der Waals surface area contributed by atoms with Crippen LogP contribution >= 0.6 is 0 Å². The quantitative estimate of drug-likeness (QED) is 0.471. The van der Waals surface area contributed by atoms with Gasteiger partial charge in [-0.3, -0.25) is 4.90 Å². The number of aliphatic hydroxyl groups is 3. The van der Waals surface area contributed by atoms with E-state index in [9.17, 15) is 15.0 Å². The van der Waals surface area contributed by atoms with E-state index in [0.717, 1.165) is 0 Å². The van der Waals surface area contributed by atoms with Gasteiger partial charge in [0.15, 0.2) is 6.23 Å². The van der Waals surface area contributed by atoms with Crippen molar-refractivity contribution in [1.29, 1.82) is 0 Å². The minimum absolute atomic E-state index is 0.410. The van der Waals surface area contributed by atoms with E-state index in [2.05, 4.69) is 0 Å². The van der Waals surface area contributed by atoms with Gasteiger partial charge in [-0.2, -0.15) is 0 Å². The minimum atomic E-state index is -1.28. The summed E-state index contributed by atoms with van der Waals surface area (Å²) in [5, 5.41) is 28.6. The van der Waals surface area contributed by atoms with Crippen LogP contribution < -0.4 is 5.73 Å². The fourth-order valence-corrected chi connectivity index (χ4v) is 2.27. The van der Waals surface area contributed by atoms with Crippen LogP contribution in [0.4, 0.5) is 4.79 Å². The normalized spacial score (nSPS) is 39.2. The number of nitrogens with zero attached hydrogens (tertiary/aromatic N) is 2. The van der Waals surface area contributed by atoms with Crippen LogP contribution in [0.25, 0.3) is 0 Å². The maximum absolute atomic E-state index is 12.2. The van der Waals surface area contributed by atoms with E-state index in [4.69, 9.17) is 15.6 Å². The average molecular weight is 273 g/mol. The molecule has 2 aliphatic rings. The van der Waals surface area contributed by atoms with Crippen molar-refractivity contribution >= 4 is 6.03 Å². The molecule has 108 valence electrons. The first-order chi connectivity index (χ1) is 9.01. The van der Waals surface area contributed by atoms with E-state index in [1.807, 2.05) is 0 Å². The van der Waals surface area contributed by atoms with E-state index in [1.54, 1.807) is 13.0 Å². The van der Waals surface area contributed by atoms with Crippen LogP contribution in [0, 0.1) is 0 Å². The second kappa shape index (κ2) is 5.43. The zero-order chi connectivity index (χ0) is 14.2. The lowest BCUT2D eigenvalue weighted by atomic mass is 10.1. The van der Waals surface area contributed by atoms with Crippen LogP contribution in [0.2, 0.25) is 0 Å². The molecule has 5 N–H and O–H groups in total. The van der Waals surface area contributed by atoms with Crippen molar-refractivity contribution in [2.24, 2.45) is 5.73 Å². The third-order valence-electron chi connectivity index (χ3n) is 3.40. The third kappa shape index (κ3) is 2.33. The zero-order valence-electron chi connectivity index (χ0n) is 10.6. The lowest BCUT2D eigenvalue weighted by Crippen LogP contribution is -2.57. The van der Waals surface area contributed by atoms with E-state index in [0.29, 0.717) is 6.54 Å². The summed E-state index contributed by atoms with van der Waals surface area (Å²) in [6, 6.07) is -0.410. The van der Waals surface area contributed by atoms with Crippen LogP contribution in [-0.4, -0.2) is 75.0 Å². The molecule has 8 heteroatoms. The molecule has 1 fully saturated rings. The number of hydrogen-bond donors (Lipinski definition) is 4. The Kier molecular flexibility index (Phi) is 4.07. The summed E-state index contributed by atoms with van der Waals surface area (Å²) >= 11 is 0. The van der Waals surface area contributed by atoms with Gasteiger partial charge in [0.05, 0.1) is 6.61 Å². The van der Waals surface area contributed by atoms with Gasteiger partial charge < -0.3 is 30.7 Å². The Morgan fingerprint density at radius 2 is 2.11 bits per heavy atom. The number of amides is 2. The molecule has 19 heavy (non-hydrogen) atoms. The Balaban J connectivity index is 2.18. The fourth-order valence-electron chi connectivity index (χ4n) is 2.27. The van der Waals surface area contributed by atoms with Gasteiger partial charge in [-0.05, 0) is 13.0 Å². The van der Waals surface area contributed by atoms with Crippen LogP contribution in [0.5, 0.6) is 0 Å². The maximum atomic E-state index is 12.2. The van der Waals surface area contributed by atoms with Crippen molar-refractivity contribution < 1.29 is 24.9 Å². The van der Waals surface area contributed by atoms with Gasteiger partial charge in [0, 0.05) is 12.7 Å². The predicted octanol–water partition coefficient (Wildman–Crippen LogP) is -2.02. The number of aliphatic hydroxyl groups excluding tert-OH is 3. The number of likely N-dealkylation sites (N-methyl/N-ethyl adjacent to an activating group) is 1. The first-order valence-corrected chi connectivity index (χ1v) is 6.16. The Hall–Kier alpha value is -1.19. The highest BCUT2D eigenvalue weighted by atomic mass is 16.6. The lowest BCUT2D eigenvalue weighted by Gasteiger charge is -2.38. The summed E-state index contributed by atoms with van der Waals surface area (Å²) in [6.07, 6.45) is -1.95. The maximum Gasteiger partial charge on any atom is 0.327 e. The number of nitrogens with two attached hydrogens (primary N) is 1. The molecule has 5 atom stereocenters. The molecular weight excluding hydrogens is 254 g/mol. The van der Waals surface area contributed by atoms with Crippen molar-refractivity contribution in [3.63, 3.8) is 0 Å². The molecule has 0 aromatic carbocycles. The molecule has 8 nitrogen and oxygen atoms in total. The third-order valence-corrected chi connectivity index (χ3v) is 3.40. The van der Waals surface area contributed by atoms with Gasteiger partial charge >= 0.3 is 6.03 Å². The molecule has 0 aromatic heterocycles. The SMILES string of the molecule is CCN1C(=O)N([C@@H]2O[C@H](CO)[C@@H](O)[C@H]2O)C=CC1N. The molecule has 0 radical (unpaired) electrons. The molecule has 0 bridgehead atoms. The summed E-state index contributed by atoms with van der Waals surface area (Å²) in [5.41, 5.74) is 5.76. The molecule has 0 spiro atoms. The van der Waals surface area contributed by atoms with E-state index < -0.39 is 43.3 Å². The topological polar surface area (TPSA) is 119 Å². The smallest absolute Gasteiger partial charge is 0.327 e. The van der Waals surface area contributed by atoms with Gasteiger partial charge in [-0.25, -0.2) is 4.79 Å². The molecule has 2 amide bonds. The molecule has 2 aliphatic heterocycles. The number of carbonyl (C=O) groups is 1. The Morgan fingerprint density at radius 1 is 1.42 bits per heavy atom. The highest BCUT2D eigenvalue weighted by molar-refractivity contribution is 5.77. The molecule has 2 rings (SSSR count). The zero-order valence-corrected chi connectivity index (χ0v) is 10.6. The predicted molar refractivity (Wildman–Crippen MR) is 64.5 cm³/mol. The molecule has 0 aliphatic carbocycles. The number of rotatable bonds is 3. The molecule has 1 saturated heterocycles. The van der Waals surface area contributed by atoms with Crippen LogP contribution in [0.1, 0.15) is 6.92 Å². The van der Waals surface area contributed by atoms with Crippen LogP contribution in [0.15, 0.2) is 12.3 Å². The summed E-state index contributed by atoms with van der Waals surface area (Å²) in [4.78, 5) is 14.8. The molecular formula is C11H19N3O5. The number of urea groups is 1. The summed E-state index contributed by atoms with van der Waals surface area (Å²) < 4.78 is 5.31. The van der Waals surface area contributed by atoms with E-state index >= 15 is 0 Å². The first-order valence-electron chi connectivity index (χ1n) is 6.16. The van der Waals surface area contributed by atoms with Gasteiger partial charge in [-0.1, -0.05) is 0 Å². The Labute approximate surface area is 110 Å². The number of hydrogen-bond acceptors (Lipinski definition) is 6. The summed E-state index contributed by atoms with van der Waals surface area (Å²) in [7, 11) is 0. The van der Waals surface area contributed by atoms with Gasteiger partial charge in [0.1, 0.15) is 24.5 Å². The molecule has 0 aromatic rings. The summed E-state index contributed by atoms with van der Waals surface area (Å²) in [5.74, 6) is 0. The average Bonchev–Trinajstić information content (AvgIpc) is 2.67. The molecule has 2 heterocycles. The second-order valence-electron chi connectivity index (χ2n) is 4.54. The summed E-state index contributed by atoms with van der Waals surface area (Å²) in [6.45, 7) is 1.76. The monoisotopic (exact) mass is 273 g/mol. The Morgan fingerprint density at radius 3 is 2.63 bits per heavy atom. The van der Waals surface area contributed by atoms with Crippen molar-refractivity contribution in [1.82, 2.24) is 9.80 Å². The van der Waals surface area contributed by atoms with Crippen LogP contribution in [0.3, 0.4) is 0 Å². The number of carbonyl (C=O) groups excluding carboxylic acids is 1. The lowest BCUT2D eigenvalue weighted by molar-refractivity contribution is -0.0711. The van der Waals surface area contributed by atoms with Gasteiger partial charge in [0.25, 0.3) is 0 Å². The molecule has 0 saturated carbocycles. The van der Waals surface area contributed by atoms with Crippen LogP contribution in [-0.2, 0) is 4.74 Å². The van der Waals surface area contributed by atoms with Crippen molar-refractivity contribution in [2.75, 3.05) is 13.2 Å². The van der Waals surface area contributed by atoms with Crippen molar-refractivity contribution in [3.05, 3.63) is 12.3 Å². The Bertz CT molecular complexity index is 377. The highest BCUT2D eigenvalue weighted by Crippen LogP contribution is 2.26. The van der Waals surface area contributed by atoms with Gasteiger partial charge in [0.2, 0.25) is 0 Å². The van der Waals surface area contributed by atoms with E-state index in [-0.39, 0.29) is 0 Å². The van der Waals surface area contributed by atoms with Crippen molar-refractivity contribution in [2.45, 2.75) is 37.6 Å².